The third-order valence-corrected chi connectivity index (χ3v) is 10.8. The molecule has 55 heavy (non-hydrogen) atoms. The molecule has 0 amide bonds. The van der Waals surface area contributed by atoms with Crippen molar-refractivity contribution in [3.63, 3.8) is 0 Å². The Morgan fingerprint density at radius 2 is 1.11 bits per heavy atom. The van der Waals surface area contributed by atoms with Crippen LogP contribution in [0.25, 0.3) is 82.5 Å². The third-order valence-electron chi connectivity index (χ3n) is 10.8. The summed E-state index contributed by atoms with van der Waals surface area (Å²) >= 11 is 0. The average Bonchev–Trinajstić information content (AvgIpc) is 3.81. The van der Waals surface area contributed by atoms with Crippen molar-refractivity contribution in [2.75, 3.05) is 4.90 Å². The molecular weight excluding hydrogens is 669 g/mol. The molecule has 0 bridgehead atoms. The van der Waals surface area contributed by atoms with Gasteiger partial charge >= 0.3 is 0 Å². The van der Waals surface area contributed by atoms with Gasteiger partial charge in [-0.25, -0.2) is 0 Å². The topological polar surface area (TPSA) is 21.3 Å². The van der Waals surface area contributed by atoms with Crippen LogP contribution in [0, 0.1) is 12.1 Å². The molecule has 3 nitrogen and oxygen atoms in total. The Morgan fingerprint density at radius 3 is 1.89 bits per heavy atom. The fourth-order valence-corrected chi connectivity index (χ4v) is 8.25. The van der Waals surface area contributed by atoms with Crippen molar-refractivity contribution in [2.24, 2.45) is 0 Å². The van der Waals surface area contributed by atoms with Crippen LogP contribution < -0.4 is 4.90 Å². The van der Waals surface area contributed by atoms with E-state index in [-0.39, 0.29) is 0 Å². The molecular formula is C52H32N2O. The second-order valence-electron chi connectivity index (χ2n) is 14.0. The van der Waals surface area contributed by atoms with Gasteiger partial charge in [0.2, 0.25) is 0 Å². The van der Waals surface area contributed by atoms with Crippen molar-refractivity contribution in [2.45, 2.75) is 0 Å². The van der Waals surface area contributed by atoms with Crippen LogP contribution in [0.4, 0.5) is 17.1 Å². The summed E-state index contributed by atoms with van der Waals surface area (Å²) in [7, 11) is 0. The first kappa shape index (κ1) is 31.0. The van der Waals surface area contributed by atoms with Gasteiger partial charge in [0, 0.05) is 44.3 Å². The van der Waals surface area contributed by atoms with E-state index in [0.29, 0.717) is 0 Å². The number of fused-ring (bicyclic) bond motifs is 8. The minimum Gasteiger partial charge on any atom is -0.454 e. The van der Waals surface area contributed by atoms with E-state index in [1.807, 2.05) is 12.1 Å². The van der Waals surface area contributed by atoms with E-state index >= 15 is 0 Å². The average molecular weight is 701 g/mol. The van der Waals surface area contributed by atoms with Crippen LogP contribution in [-0.4, -0.2) is 4.57 Å². The summed E-state index contributed by atoms with van der Waals surface area (Å²) in [6.45, 7) is 0. The van der Waals surface area contributed by atoms with Gasteiger partial charge in [0.15, 0.2) is 5.58 Å². The number of nitrogens with zero attached hydrogens (tertiary/aromatic N) is 2. The van der Waals surface area contributed by atoms with Crippen LogP contribution >= 0.6 is 0 Å². The molecule has 0 fully saturated rings. The smallest absolute Gasteiger partial charge is 0.160 e. The van der Waals surface area contributed by atoms with Gasteiger partial charge in [-0.05, 0) is 112 Å². The van der Waals surface area contributed by atoms with E-state index in [2.05, 4.69) is 204 Å². The van der Waals surface area contributed by atoms with Crippen molar-refractivity contribution >= 4 is 71.6 Å². The lowest BCUT2D eigenvalue weighted by Crippen LogP contribution is -2.09. The summed E-state index contributed by atoms with van der Waals surface area (Å²) in [5.41, 5.74) is 12.7. The molecule has 3 heteroatoms. The molecule has 0 saturated carbocycles. The summed E-state index contributed by atoms with van der Waals surface area (Å²) in [5, 5.41) is 6.80. The quantitative estimate of drug-likeness (QED) is 0.172. The maximum Gasteiger partial charge on any atom is 0.160 e. The van der Waals surface area contributed by atoms with Gasteiger partial charge in [-0.1, -0.05) is 127 Å². The minimum absolute atomic E-state index is 0.864. The number of anilines is 3. The molecule has 0 saturated heterocycles. The normalized spacial score (nSPS) is 11.5. The Balaban J connectivity index is 1.12. The fraction of sp³-hybridized carbons (Fsp3) is 0. The van der Waals surface area contributed by atoms with Crippen LogP contribution in [0.15, 0.2) is 199 Å². The summed E-state index contributed by atoms with van der Waals surface area (Å²) in [6.07, 6.45) is 0. The maximum absolute atomic E-state index is 6.77. The summed E-state index contributed by atoms with van der Waals surface area (Å²) in [5.74, 6) is 0. The molecule has 0 aliphatic heterocycles. The zero-order chi connectivity index (χ0) is 36.3. The number of hydrogen-bond donors (Lipinski definition) is 0. The Bertz CT molecular complexity index is 3180. The predicted molar refractivity (Wildman–Crippen MR) is 229 cm³/mol. The zero-order valence-corrected chi connectivity index (χ0v) is 29.8. The summed E-state index contributed by atoms with van der Waals surface area (Å²) in [6, 6.07) is 75.6. The highest BCUT2D eigenvalue weighted by Crippen LogP contribution is 2.46. The predicted octanol–water partition coefficient (Wildman–Crippen LogP) is 14.2. The van der Waals surface area contributed by atoms with Crippen LogP contribution in [-0.2, 0) is 0 Å². The maximum atomic E-state index is 6.77. The van der Waals surface area contributed by atoms with Crippen molar-refractivity contribution in [1.82, 2.24) is 4.57 Å². The lowest BCUT2D eigenvalue weighted by atomic mass is 9.96. The highest BCUT2D eigenvalue weighted by Gasteiger charge is 2.23. The summed E-state index contributed by atoms with van der Waals surface area (Å²) in [4.78, 5) is 2.32. The second-order valence-corrected chi connectivity index (χ2v) is 14.0. The Morgan fingerprint density at radius 1 is 0.473 bits per heavy atom. The van der Waals surface area contributed by atoms with Gasteiger partial charge in [0.05, 0.1) is 5.52 Å². The van der Waals surface area contributed by atoms with E-state index in [4.69, 9.17) is 4.42 Å². The Kier molecular flexibility index (Phi) is 7.08. The molecule has 11 rings (SSSR count). The zero-order valence-electron chi connectivity index (χ0n) is 29.8. The molecule has 0 aliphatic carbocycles. The lowest BCUT2D eigenvalue weighted by Gasteiger charge is -2.26. The van der Waals surface area contributed by atoms with E-state index < -0.39 is 0 Å². The molecule has 2 heterocycles. The number of aromatic nitrogens is 1. The molecule has 0 atom stereocenters. The SMILES string of the molecule is c1ccc2c3c(-c4ccc(N(c5ccccc5)c5ccc(-c6ccccc6)cc5)cc4)cc4c5ccccc5oc4c3n(-c3ccc4ccccc4c3)c2c#1. The molecule has 11 aromatic rings. The van der Waals surface area contributed by atoms with Gasteiger partial charge in [0.1, 0.15) is 11.1 Å². The van der Waals surface area contributed by atoms with Crippen molar-refractivity contribution in [1.29, 1.82) is 0 Å². The van der Waals surface area contributed by atoms with Crippen molar-refractivity contribution in [3.05, 3.63) is 206 Å². The fourth-order valence-electron chi connectivity index (χ4n) is 8.25. The van der Waals surface area contributed by atoms with Crippen LogP contribution in [0.2, 0.25) is 0 Å². The number of para-hydroxylation sites is 2. The molecule has 0 N–H and O–H groups in total. The van der Waals surface area contributed by atoms with Crippen LogP contribution in [0.3, 0.4) is 0 Å². The first-order valence-electron chi connectivity index (χ1n) is 18.6. The Hall–Kier alpha value is -7.54. The molecule has 0 spiro atoms. The van der Waals surface area contributed by atoms with Crippen molar-refractivity contribution < 1.29 is 4.42 Å². The van der Waals surface area contributed by atoms with Gasteiger partial charge in [-0.3, -0.25) is 4.57 Å². The third kappa shape index (κ3) is 5.08. The number of hydrogen-bond acceptors (Lipinski definition) is 2. The highest BCUT2D eigenvalue weighted by atomic mass is 16.3. The molecule has 0 unspecified atom stereocenters. The highest BCUT2D eigenvalue weighted by molar-refractivity contribution is 6.26. The molecule has 9 aromatic carbocycles. The van der Waals surface area contributed by atoms with Crippen LogP contribution in [0.5, 0.6) is 0 Å². The second kappa shape index (κ2) is 12.6. The Labute approximate surface area is 318 Å². The molecule has 0 radical (unpaired) electrons. The number of rotatable bonds is 6. The minimum atomic E-state index is 0.864. The number of benzene rings is 8. The van der Waals surface area contributed by atoms with Gasteiger partial charge < -0.3 is 9.32 Å². The van der Waals surface area contributed by atoms with Gasteiger partial charge in [-0.2, -0.15) is 0 Å². The van der Waals surface area contributed by atoms with E-state index in [0.717, 1.165) is 77.6 Å². The van der Waals surface area contributed by atoms with Gasteiger partial charge in [0.25, 0.3) is 0 Å². The first-order chi connectivity index (χ1) is 27.3. The monoisotopic (exact) mass is 700 g/mol. The first-order valence-corrected chi connectivity index (χ1v) is 18.6. The van der Waals surface area contributed by atoms with E-state index in [1.54, 1.807) is 0 Å². The van der Waals surface area contributed by atoms with Gasteiger partial charge in [-0.15, -0.1) is 0 Å². The molecule has 0 aliphatic rings. The van der Waals surface area contributed by atoms with E-state index in [9.17, 15) is 0 Å². The molecule has 256 valence electrons. The van der Waals surface area contributed by atoms with Crippen LogP contribution in [0.1, 0.15) is 0 Å². The standard InChI is InChI=1S/C52H32N2O/c1-3-13-35(14-4-1)37-23-28-41(29-24-37)53(40-17-5-2-6-18-40)42-30-26-38(27-31-42)46-34-47-44-19-10-12-22-49(44)55-52(47)51-50(46)45-20-9-11-21-48(45)54(51)43-32-25-36-15-7-8-16-39(36)33-43/h1-10,12-20,22-34H. The van der Waals surface area contributed by atoms with E-state index in [1.165, 1.54) is 21.9 Å². The van der Waals surface area contributed by atoms with Crippen molar-refractivity contribution in [3.8, 4) is 27.9 Å². The summed E-state index contributed by atoms with van der Waals surface area (Å²) < 4.78 is 9.08. The molecule has 2 aromatic heterocycles. The lowest BCUT2D eigenvalue weighted by molar-refractivity contribution is 0.671. The largest absolute Gasteiger partial charge is 0.454 e. The number of furan rings is 1.